The van der Waals surface area contributed by atoms with Gasteiger partial charge in [0.15, 0.2) is 11.9 Å². The molecule has 0 saturated heterocycles. The topological polar surface area (TPSA) is 89.9 Å². The lowest BCUT2D eigenvalue weighted by Gasteiger charge is -2.44. The zero-order valence-electron chi connectivity index (χ0n) is 20.6. The summed E-state index contributed by atoms with van der Waals surface area (Å²) in [5.74, 6) is -2.59. The summed E-state index contributed by atoms with van der Waals surface area (Å²) in [5.41, 5.74) is 1.52. The van der Waals surface area contributed by atoms with Crippen LogP contribution in [-0.4, -0.2) is 41.1 Å². The molecule has 2 aliphatic rings. The van der Waals surface area contributed by atoms with Gasteiger partial charge in [-0.05, 0) is 56.4 Å². The minimum Gasteiger partial charge on any atom is -0.455 e. The predicted molar refractivity (Wildman–Crippen MR) is 123 cm³/mol. The number of aliphatic hydroxyl groups is 1. The molecule has 0 spiro atoms. The largest absolute Gasteiger partial charge is 0.455 e. The molecule has 6 heteroatoms. The van der Waals surface area contributed by atoms with E-state index in [1.54, 1.807) is 13.8 Å². The van der Waals surface area contributed by atoms with Gasteiger partial charge in [-0.25, -0.2) is 4.79 Å². The highest BCUT2D eigenvalue weighted by atomic mass is 16.6. The summed E-state index contributed by atoms with van der Waals surface area (Å²) in [6.45, 7) is 17.5. The molecule has 0 heterocycles. The standard InChI is InChI=1S/C26H40O6/c1-9-14(5)11-20(28)31-19-12-18(13(3)4)23-21(16(19)7)25(24(29)22(23)17(8)27)32-26(30)15(6)10-2/h11,13,15,17-19,21-23,25,27H,7,9-10,12H2,1-6,8H3/b14-11+/t15-,17+,18-,19+,21-,22+,23-,25-/m1/s1. The third-order valence-electron chi connectivity index (χ3n) is 7.40. The molecule has 0 aromatic carbocycles. The molecule has 0 unspecified atom stereocenters. The summed E-state index contributed by atoms with van der Waals surface area (Å²) < 4.78 is 11.5. The van der Waals surface area contributed by atoms with Crippen LogP contribution in [0.15, 0.2) is 23.8 Å². The van der Waals surface area contributed by atoms with Crippen LogP contribution in [0, 0.1) is 35.5 Å². The number of rotatable bonds is 8. The molecular formula is C26H40O6. The maximum Gasteiger partial charge on any atom is 0.331 e. The monoisotopic (exact) mass is 448 g/mol. The molecule has 0 bridgehead atoms. The van der Waals surface area contributed by atoms with Gasteiger partial charge < -0.3 is 14.6 Å². The molecule has 2 aliphatic carbocycles. The Balaban J connectivity index is 2.44. The van der Waals surface area contributed by atoms with Gasteiger partial charge in [0.05, 0.1) is 17.9 Å². The van der Waals surface area contributed by atoms with E-state index in [9.17, 15) is 19.5 Å². The summed E-state index contributed by atoms with van der Waals surface area (Å²) in [7, 11) is 0. The third-order valence-corrected chi connectivity index (χ3v) is 7.40. The number of hydrogen-bond donors (Lipinski definition) is 1. The molecule has 2 saturated carbocycles. The van der Waals surface area contributed by atoms with Crippen molar-refractivity contribution >= 4 is 17.7 Å². The second-order valence-electron chi connectivity index (χ2n) is 9.93. The van der Waals surface area contributed by atoms with E-state index in [1.165, 1.54) is 6.08 Å². The van der Waals surface area contributed by atoms with E-state index in [4.69, 9.17) is 9.47 Å². The first-order valence-electron chi connectivity index (χ1n) is 11.9. The van der Waals surface area contributed by atoms with Gasteiger partial charge in [-0.1, -0.05) is 46.8 Å². The highest BCUT2D eigenvalue weighted by Crippen LogP contribution is 2.54. The second kappa shape index (κ2) is 10.8. The van der Waals surface area contributed by atoms with E-state index >= 15 is 0 Å². The van der Waals surface area contributed by atoms with E-state index in [0.29, 0.717) is 18.4 Å². The highest BCUT2D eigenvalue weighted by Gasteiger charge is 2.60. The van der Waals surface area contributed by atoms with Crippen molar-refractivity contribution in [2.75, 3.05) is 0 Å². The Morgan fingerprint density at radius 3 is 2.31 bits per heavy atom. The van der Waals surface area contributed by atoms with Gasteiger partial charge >= 0.3 is 11.9 Å². The zero-order chi connectivity index (χ0) is 24.3. The quantitative estimate of drug-likeness (QED) is 0.339. The van der Waals surface area contributed by atoms with Crippen LogP contribution < -0.4 is 0 Å². The van der Waals surface area contributed by atoms with Crippen molar-refractivity contribution in [1.29, 1.82) is 0 Å². The Labute approximate surface area is 192 Å². The fourth-order valence-corrected chi connectivity index (χ4v) is 5.14. The average molecular weight is 449 g/mol. The Hall–Kier alpha value is -1.95. The van der Waals surface area contributed by atoms with Crippen LogP contribution in [0.25, 0.3) is 0 Å². The average Bonchev–Trinajstić information content (AvgIpc) is 3.01. The van der Waals surface area contributed by atoms with Gasteiger partial charge in [0.1, 0.15) is 6.10 Å². The molecular weight excluding hydrogens is 408 g/mol. The fraction of sp³-hybridized carbons (Fsp3) is 0.731. The third kappa shape index (κ3) is 5.33. The Morgan fingerprint density at radius 1 is 1.19 bits per heavy atom. The van der Waals surface area contributed by atoms with E-state index in [0.717, 1.165) is 12.0 Å². The fourth-order valence-electron chi connectivity index (χ4n) is 5.14. The maximum absolute atomic E-state index is 13.4. The summed E-state index contributed by atoms with van der Waals surface area (Å²) in [6.07, 6.45) is 0.926. The van der Waals surface area contributed by atoms with Crippen molar-refractivity contribution < 1.29 is 29.0 Å². The number of ether oxygens (including phenoxy) is 2. The predicted octanol–water partition coefficient (Wildman–Crippen LogP) is 4.26. The summed E-state index contributed by atoms with van der Waals surface area (Å²) in [5, 5.41) is 10.5. The number of allylic oxidation sites excluding steroid dienone is 1. The summed E-state index contributed by atoms with van der Waals surface area (Å²) in [4.78, 5) is 38.5. The molecule has 0 aliphatic heterocycles. The molecule has 2 fully saturated rings. The first-order chi connectivity index (χ1) is 14.9. The number of Topliss-reactive ketones (excluding diaryl/α,β-unsaturated/α-hetero) is 1. The second-order valence-corrected chi connectivity index (χ2v) is 9.93. The van der Waals surface area contributed by atoms with Crippen molar-refractivity contribution in [3.05, 3.63) is 23.8 Å². The van der Waals surface area contributed by atoms with Crippen LogP contribution in [-0.2, 0) is 23.9 Å². The van der Waals surface area contributed by atoms with Crippen LogP contribution in [0.1, 0.15) is 67.7 Å². The first-order valence-corrected chi connectivity index (χ1v) is 11.9. The SMILES string of the molecule is C=C1[C@@H]2[C@H]([C@H]([C@H](C)O)C(=O)[C@@H]2OC(=O)[C@H](C)CC)[C@@H](C(C)C)C[C@@H]1OC(=O)/C=C(\C)CC. The van der Waals surface area contributed by atoms with Crippen LogP contribution >= 0.6 is 0 Å². The molecule has 2 rings (SSSR count). The molecule has 0 radical (unpaired) electrons. The lowest BCUT2D eigenvalue weighted by atomic mass is 9.63. The Bertz CT molecular complexity index is 764. The normalized spacial score (nSPS) is 32.5. The van der Waals surface area contributed by atoms with Crippen LogP contribution in [0.3, 0.4) is 0 Å². The van der Waals surface area contributed by atoms with Crippen molar-refractivity contribution in [1.82, 2.24) is 0 Å². The minimum atomic E-state index is -1.01. The smallest absolute Gasteiger partial charge is 0.331 e. The number of esters is 2. The molecule has 0 aromatic heterocycles. The van der Waals surface area contributed by atoms with Crippen molar-refractivity contribution in [2.24, 2.45) is 35.5 Å². The number of fused-ring (bicyclic) bond motifs is 1. The van der Waals surface area contributed by atoms with Crippen molar-refractivity contribution in [2.45, 2.75) is 86.0 Å². The van der Waals surface area contributed by atoms with Gasteiger partial charge in [0.25, 0.3) is 0 Å². The van der Waals surface area contributed by atoms with E-state index in [2.05, 4.69) is 20.4 Å². The number of carbonyl (C=O) groups is 3. The van der Waals surface area contributed by atoms with E-state index in [1.807, 2.05) is 20.8 Å². The van der Waals surface area contributed by atoms with Crippen molar-refractivity contribution in [3.63, 3.8) is 0 Å². The van der Waals surface area contributed by atoms with Gasteiger partial charge in [-0.15, -0.1) is 0 Å². The van der Waals surface area contributed by atoms with Crippen molar-refractivity contribution in [3.8, 4) is 0 Å². The molecule has 8 atom stereocenters. The highest BCUT2D eigenvalue weighted by molar-refractivity contribution is 5.92. The number of carbonyl (C=O) groups excluding carboxylic acids is 3. The molecule has 0 amide bonds. The van der Waals surface area contributed by atoms with Gasteiger partial charge in [-0.3, -0.25) is 9.59 Å². The summed E-state index contributed by atoms with van der Waals surface area (Å²) in [6, 6.07) is 0. The lowest BCUT2D eigenvalue weighted by molar-refractivity contribution is -0.161. The Kier molecular flexibility index (Phi) is 8.86. The van der Waals surface area contributed by atoms with Gasteiger partial charge in [0, 0.05) is 12.0 Å². The molecule has 6 nitrogen and oxygen atoms in total. The van der Waals surface area contributed by atoms with Gasteiger partial charge in [-0.2, -0.15) is 0 Å². The Morgan fingerprint density at radius 2 is 1.81 bits per heavy atom. The number of hydrogen-bond acceptors (Lipinski definition) is 6. The van der Waals surface area contributed by atoms with Gasteiger partial charge in [0.2, 0.25) is 0 Å². The van der Waals surface area contributed by atoms with Crippen LogP contribution in [0.4, 0.5) is 0 Å². The number of ketones is 1. The van der Waals surface area contributed by atoms with Crippen LogP contribution in [0.2, 0.25) is 0 Å². The lowest BCUT2D eigenvalue weighted by Crippen LogP contribution is -2.45. The molecule has 1 N–H and O–H groups in total. The van der Waals surface area contributed by atoms with Crippen LogP contribution in [0.5, 0.6) is 0 Å². The molecule has 180 valence electrons. The van der Waals surface area contributed by atoms with E-state index < -0.39 is 42.1 Å². The first kappa shape index (κ1) is 26.3. The zero-order valence-corrected chi connectivity index (χ0v) is 20.6. The molecule has 32 heavy (non-hydrogen) atoms. The summed E-state index contributed by atoms with van der Waals surface area (Å²) >= 11 is 0. The number of aliphatic hydroxyl groups excluding tert-OH is 1. The van der Waals surface area contributed by atoms with E-state index in [-0.39, 0.29) is 29.5 Å². The minimum absolute atomic E-state index is 0.00963. The maximum atomic E-state index is 13.4. The molecule has 0 aromatic rings.